The van der Waals surface area contributed by atoms with Gasteiger partial charge >= 0.3 is 0 Å². The predicted octanol–water partition coefficient (Wildman–Crippen LogP) is 1.99. The van der Waals surface area contributed by atoms with Crippen molar-refractivity contribution in [3.05, 3.63) is 42.1 Å². The lowest BCUT2D eigenvalue weighted by atomic mass is 10.2. The van der Waals surface area contributed by atoms with E-state index in [9.17, 15) is 0 Å². The summed E-state index contributed by atoms with van der Waals surface area (Å²) in [6, 6.07) is 12.2. The molecule has 0 saturated heterocycles. The molecule has 0 saturated carbocycles. The number of nitrogens with zero attached hydrogens (tertiary/aromatic N) is 2. The standard InChI is InChI=1S/C14H18N4/c1-18(9-8-14(15)16)10-12-7-6-11-4-2-3-5-13(11)17-12/h2-7H,8-10H2,1H3,(H3,15,16). The molecule has 18 heavy (non-hydrogen) atoms. The first-order valence-electron chi connectivity index (χ1n) is 6.01. The van der Waals surface area contributed by atoms with Crippen LogP contribution in [-0.2, 0) is 6.54 Å². The molecule has 0 atom stereocenters. The van der Waals surface area contributed by atoms with Gasteiger partial charge in [0, 0.05) is 24.9 Å². The van der Waals surface area contributed by atoms with Gasteiger partial charge in [-0.1, -0.05) is 24.3 Å². The maximum atomic E-state index is 7.21. The first-order chi connectivity index (χ1) is 8.65. The van der Waals surface area contributed by atoms with Gasteiger partial charge in [-0.05, 0) is 19.2 Å². The molecular formula is C14H18N4. The van der Waals surface area contributed by atoms with Crippen LogP contribution < -0.4 is 5.73 Å². The molecule has 0 aliphatic rings. The fourth-order valence-electron chi connectivity index (χ4n) is 1.86. The second-order valence-corrected chi connectivity index (χ2v) is 4.51. The highest BCUT2D eigenvalue weighted by molar-refractivity contribution is 5.78. The number of para-hydroxylation sites is 1. The molecule has 0 unspecified atom stereocenters. The van der Waals surface area contributed by atoms with Gasteiger partial charge in [0.05, 0.1) is 17.0 Å². The van der Waals surface area contributed by atoms with Gasteiger partial charge in [-0.15, -0.1) is 0 Å². The Labute approximate surface area is 107 Å². The number of pyridine rings is 1. The van der Waals surface area contributed by atoms with Gasteiger partial charge in [-0.2, -0.15) is 0 Å². The normalized spacial score (nSPS) is 11.0. The van der Waals surface area contributed by atoms with Gasteiger partial charge in [-0.3, -0.25) is 10.4 Å². The highest BCUT2D eigenvalue weighted by atomic mass is 15.1. The van der Waals surface area contributed by atoms with Gasteiger partial charge in [0.2, 0.25) is 0 Å². The van der Waals surface area contributed by atoms with Crippen molar-refractivity contribution in [1.82, 2.24) is 9.88 Å². The molecule has 1 aromatic carbocycles. The zero-order valence-electron chi connectivity index (χ0n) is 10.6. The highest BCUT2D eigenvalue weighted by Gasteiger charge is 2.03. The molecule has 0 spiro atoms. The van der Waals surface area contributed by atoms with E-state index in [-0.39, 0.29) is 5.84 Å². The fraction of sp³-hybridized carbons (Fsp3) is 0.286. The second kappa shape index (κ2) is 5.60. The Kier molecular flexibility index (Phi) is 3.89. The summed E-state index contributed by atoms with van der Waals surface area (Å²) in [6.07, 6.45) is 0.601. The van der Waals surface area contributed by atoms with Gasteiger partial charge in [0.25, 0.3) is 0 Å². The zero-order valence-corrected chi connectivity index (χ0v) is 10.6. The molecule has 1 heterocycles. The second-order valence-electron chi connectivity index (χ2n) is 4.51. The summed E-state index contributed by atoms with van der Waals surface area (Å²) in [5.74, 6) is 0.230. The Bertz CT molecular complexity index is 550. The quantitative estimate of drug-likeness (QED) is 0.622. The molecule has 0 amide bonds. The molecule has 0 fully saturated rings. The van der Waals surface area contributed by atoms with E-state index in [1.54, 1.807) is 0 Å². The first kappa shape index (κ1) is 12.5. The van der Waals surface area contributed by atoms with E-state index in [4.69, 9.17) is 11.1 Å². The van der Waals surface area contributed by atoms with Crippen molar-refractivity contribution >= 4 is 16.7 Å². The molecular weight excluding hydrogens is 224 g/mol. The van der Waals surface area contributed by atoms with Gasteiger partial charge < -0.3 is 10.6 Å². The van der Waals surface area contributed by atoms with E-state index in [1.165, 1.54) is 0 Å². The molecule has 0 aliphatic heterocycles. The number of aromatic nitrogens is 1. The Balaban J connectivity index is 2.05. The average Bonchev–Trinajstić information content (AvgIpc) is 2.36. The van der Waals surface area contributed by atoms with E-state index in [2.05, 4.69) is 22.0 Å². The SMILES string of the molecule is CN(CCC(=N)N)Cc1ccc2ccccc2n1. The molecule has 0 bridgehead atoms. The number of rotatable bonds is 5. The molecule has 2 aromatic rings. The summed E-state index contributed by atoms with van der Waals surface area (Å²) in [5.41, 5.74) is 7.41. The van der Waals surface area contributed by atoms with Gasteiger partial charge in [0.15, 0.2) is 0 Å². The van der Waals surface area contributed by atoms with Crippen LogP contribution in [-0.4, -0.2) is 29.3 Å². The van der Waals surface area contributed by atoms with E-state index >= 15 is 0 Å². The van der Waals surface area contributed by atoms with Crippen molar-refractivity contribution in [3.63, 3.8) is 0 Å². The maximum absolute atomic E-state index is 7.21. The largest absolute Gasteiger partial charge is 0.388 e. The van der Waals surface area contributed by atoms with E-state index in [0.717, 1.165) is 29.7 Å². The van der Waals surface area contributed by atoms with E-state index in [1.807, 2.05) is 31.3 Å². The van der Waals surface area contributed by atoms with Crippen LogP contribution in [0.25, 0.3) is 10.9 Å². The number of nitrogens with one attached hydrogen (secondary N) is 1. The van der Waals surface area contributed by atoms with Crippen molar-refractivity contribution in [2.45, 2.75) is 13.0 Å². The Morgan fingerprint density at radius 2 is 2.06 bits per heavy atom. The van der Waals surface area contributed by atoms with Crippen LogP contribution in [0.4, 0.5) is 0 Å². The summed E-state index contributed by atoms with van der Waals surface area (Å²) >= 11 is 0. The minimum Gasteiger partial charge on any atom is -0.388 e. The molecule has 3 N–H and O–H groups in total. The predicted molar refractivity (Wildman–Crippen MR) is 74.6 cm³/mol. The lowest BCUT2D eigenvalue weighted by Gasteiger charge is -2.15. The van der Waals surface area contributed by atoms with Crippen molar-refractivity contribution in [1.29, 1.82) is 5.41 Å². The highest BCUT2D eigenvalue weighted by Crippen LogP contribution is 2.12. The van der Waals surface area contributed by atoms with Crippen LogP contribution >= 0.6 is 0 Å². The van der Waals surface area contributed by atoms with Gasteiger partial charge in [0.1, 0.15) is 0 Å². The fourth-order valence-corrected chi connectivity index (χ4v) is 1.86. The van der Waals surface area contributed by atoms with Crippen LogP contribution in [0.3, 0.4) is 0 Å². The van der Waals surface area contributed by atoms with Crippen LogP contribution in [0.5, 0.6) is 0 Å². The molecule has 4 heteroatoms. The zero-order chi connectivity index (χ0) is 13.0. The summed E-state index contributed by atoms with van der Waals surface area (Å²) in [7, 11) is 2.01. The van der Waals surface area contributed by atoms with E-state index < -0.39 is 0 Å². The maximum Gasteiger partial charge on any atom is 0.0918 e. The lowest BCUT2D eigenvalue weighted by Crippen LogP contribution is -2.24. The Morgan fingerprint density at radius 3 is 2.83 bits per heavy atom. The molecule has 2 rings (SSSR count). The third-order valence-corrected chi connectivity index (χ3v) is 2.85. The van der Waals surface area contributed by atoms with Crippen LogP contribution in [0, 0.1) is 5.41 Å². The van der Waals surface area contributed by atoms with Crippen molar-refractivity contribution in [3.8, 4) is 0 Å². The number of benzene rings is 1. The summed E-state index contributed by atoms with van der Waals surface area (Å²) in [6.45, 7) is 1.56. The van der Waals surface area contributed by atoms with E-state index in [0.29, 0.717) is 6.42 Å². The van der Waals surface area contributed by atoms with Crippen LogP contribution in [0.1, 0.15) is 12.1 Å². The number of fused-ring (bicyclic) bond motifs is 1. The average molecular weight is 242 g/mol. The third kappa shape index (κ3) is 3.28. The van der Waals surface area contributed by atoms with Gasteiger partial charge in [-0.25, -0.2) is 0 Å². The number of hydrogen-bond donors (Lipinski definition) is 2. The first-order valence-corrected chi connectivity index (χ1v) is 6.01. The monoisotopic (exact) mass is 242 g/mol. The minimum atomic E-state index is 0.230. The van der Waals surface area contributed by atoms with Crippen LogP contribution in [0.15, 0.2) is 36.4 Å². The third-order valence-electron chi connectivity index (χ3n) is 2.85. The Hall–Kier alpha value is -1.94. The Morgan fingerprint density at radius 1 is 1.28 bits per heavy atom. The molecule has 4 nitrogen and oxygen atoms in total. The number of nitrogens with two attached hydrogens (primary N) is 1. The van der Waals surface area contributed by atoms with Crippen molar-refractivity contribution in [2.24, 2.45) is 5.73 Å². The number of amidine groups is 1. The smallest absolute Gasteiger partial charge is 0.0918 e. The minimum absolute atomic E-state index is 0.230. The summed E-state index contributed by atoms with van der Waals surface area (Å²) in [5, 5.41) is 8.37. The van der Waals surface area contributed by atoms with Crippen molar-refractivity contribution in [2.75, 3.05) is 13.6 Å². The molecule has 0 aliphatic carbocycles. The molecule has 0 radical (unpaired) electrons. The number of hydrogen-bond acceptors (Lipinski definition) is 3. The van der Waals surface area contributed by atoms with Crippen molar-refractivity contribution < 1.29 is 0 Å². The summed E-state index contributed by atoms with van der Waals surface area (Å²) < 4.78 is 0. The summed E-state index contributed by atoms with van der Waals surface area (Å²) in [4.78, 5) is 6.74. The molecule has 94 valence electrons. The van der Waals surface area contributed by atoms with Crippen LogP contribution in [0.2, 0.25) is 0 Å². The lowest BCUT2D eigenvalue weighted by molar-refractivity contribution is 0.333. The topological polar surface area (TPSA) is 66.0 Å². The molecule has 1 aromatic heterocycles.